The van der Waals surface area contributed by atoms with E-state index in [1.54, 1.807) is 41.3 Å². The second-order valence-electron chi connectivity index (χ2n) is 9.73. The average Bonchev–Trinajstić information content (AvgIpc) is 3.01. The van der Waals surface area contributed by atoms with Crippen LogP contribution in [0.15, 0.2) is 91.0 Å². The predicted molar refractivity (Wildman–Crippen MR) is 153 cm³/mol. The topological polar surface area (TPSA) is 81.8 Å². The fourth-order valence-electron chi connectivity index (χ4n) is 4.75. The van der Waals surface area contributed by atoms with Crippen molar-refractivity contribution in [3.63, 3.8) is 0 Å². The SMILES string of the molecule is O=C(Nc1ccc(N2CCN(C(=O)c3ccccc3F)CC2)c(C(=O)NCc2ccc(F)cc2)c1)c1ccccc1F. The molecular formula is C32H27F3N4O3. The van der Waals surface area contributed by atoms with E-state index in [1.807, 2.05) is 4.90 Å². The second kappa shape index (κ2) is 12.6. The molecule has 1 heterocycles. The number of halogens is 3. The van der Waals surface area contributed by atoms with Gasteiger partial charge in [-0.05, 0) is 60.2 Å². The summed E-state index contributed by atoms with van der Waals surface area (Å²) in [5.74, 6) is -3.17. The van der Waals surface area contributed by atoms with Crippen LogP contribution in [0.25, 0.3) is 0 Å². The Morgan fingerprint density at radius 1 is 0.667 bits per heavy atom. The molecule has 0 unspecified atom stereocenters. The molecule has 2 N–H and O–H groups in total. The summed E-state index contributed by atoms with van der Waals surface area (Å²) in [5.41, 5.74) is 1.65. The summed E-state index contributed by atoms with van der Waals surface area (Å²) in [6.07, 6.45) is 0. The Kier molecular flexibility index (Phi) is 8.52. The zero-order chi connectivity index (χ0) is 29.6. The first-order chi connectivity index (χ1) is 20.3. The number of rotatable bonds is 7. The van der Waals surface area contributed by atoms with Crippen LogP contribution in [-0.4, -0.2) is 48.8 Å². The van der Waals surface area contributed by atoms with Crippen molar-refractivity contribution in [2.75, 3.05) is 36.4 Å². The zero-order valence-corrected chi connectivity index (χ0v) is 22.4. The summed E-state index contributed by atoms with van der Waals surface area (Å²) in [7, 11) is 0. The highest BCUT2D eigenvalue weighted by Gasteiger charge is 2.26. The molecule has 42 heavy (non-hydrogen) atoms. The highest BCUT2D eigenvalue weighted by atomic mass is 19.1. The third-order valence-electron chi connectivity index (χ3n) is 7.00. The lowest BCUT2D eigenvalue weighted by Gasteiger charge is -2.37. The van der Waals surface area contributed by atoms with E-state index < -0.39 is 35.2 Å². The first kappa shape index (κ1) is 28.4. The average molecular weight is 573 g/mol. The van der Waals surface area contributed by atoms with Gasteiger partial charge < -0.3 is 20.4 Å². The third-order valence-corrected chi connectivity index (χ3v) is 7.00. The molecule has 4 aromatic carbocycles. The standard InChI is InChI=1S/C32H27F3N4O3/c33-22-11-9-21(10-12-22)20-36-30(40)26-19-23(37-31(41)24-5-1-3-7-27(24)34)13-14-29(26)38-15-17-39(18-16-38)32(42)25-6-2-4-8-28(25)35/h1-14,19H,15-18,20H2,(H,36,40)(H,37,41). The molecule has 3 amide bonds. The van der Waals surface area contributed by atoms with Gasteiger partial charge in [-0.2, -0.15) is 0 Å². The molecule has 5 rings (SSSR count). The molecule has 1 aliphatic rings. The maximum absolute atomic E-state index is 14.2. The molecule has 1 aliphatic heterocycles. The van der Waals surface area contributed by atoms with Crippen molar-refractivity contribution in [2.45, 2.75) is 6.54 Å². The van der Waals surface area contributed by atoms with Gasteiger partial charge in [-0.25, -0.2) is 13.2 Å². The van der Waals surface area contributed by atoms with Crippen LogP contribution in [0, 0.1) is 17.5 Å². The van der Waals surface area contributed by atoms with Gasteiger partial charge in [0.15, 0.2) is 0 Å². The summed E-state index contributed by atoms with van der Waals surface area (Å²) in [5, 5.41) is 5.47. The number of carbonyl (C=O) groups excluding carboxylic acids is 3. The van der Waals surface area contributed by atoms with Crippen molar-refractivity contribution < 1.29 is 27.6 Å². The van der Waals surface area contributed by atoms with Crippen molar-refractivity contribution >= 4 is 29.1 Å². The molecule has 0 spiro atoms. The van der Waals surface area contributed by atoms with E-state index in [0.717, 1.165) is 0 Å². The molecular weight excluding hydrogens is 545 g/mol. The van der Waals surface area contributed by atoms with Gasteiger partial charge in [-0.1, -0.05) is 36.4 Å². The van der Waals surface area contributed by atoms with Gasteiger partial charge in [-0.3, -0.25) is 14.4 Å². The Bertz CT molecular complexity index is 1620. The first-order valence-electron chi connectivity index (χ1n) is 13.3. The predicted octanol–water partition coefficient (Wildman–Crippen LogP) is 5.25. The smallest absolute Gasteiger partial charge is 0.258 e. The maximum atomic E-state index is 14.2. The van der Waals surface area contributed by atoms with E-state index in [2.05, 4.69) is 10.6 Å². The fraction of sp³-hybridized carbons (Fsp3) is 0.156. The second-order valence-corrected chi connectivity index (χ2v) is 9.73. The Morgan fingerprint density at radius 2 is 1.29 bits per heavy atom. The number of benzene rings is 4. The highest BCUT2D eigenvalue weighted by molar-refractivity contribution is 6.06. The number of nitrogens with zero attached hydrogens (tertiary/aromatic N) is 2. The van der Waals surface area contributed by atoms with Crippen LogP contribution in [0.4, 0.5) is 24.5 Å². The highest BCUT2D eigenvalue weighted by Crippen LogP contribution is 2.27. The van der Waals surface area contributed by atoms with Gasteiger partial charge in [0.1, 0.15) is 17.5 Å². The molecule has 0 aliphatic carbocycles. The van der Waals surface area contributed by atoms with Crippen LogP contribution in [0.3, 0.4) is 0 Å². The van der Waals surface area contributed by atoms with Gasteiger partial charge in [-0.15, -0.1) is 0 Å². The summed E-state index contributed by atoms with van der Waals surface area (Å²) in [4.78, 5) is 42.5. The minimum Gasteiger partial charge on any atom is -0.367 e. The van der Waals surface area contributed by atoms with E-state index in [9.17, 15) is 27.6 Å². The van der Waals surface area contributed by atoms with Crippen molar-refractivity contribution in [1.29, 1.82) is 0 Å². The van der Waals surface area contributed by atoms with Crippen molar-refractivity contribution in [1.82, 2.24) is 10.2 Å². The van der Waals surface area contributed by atoms with E-state index in [4.69, 9.17) is 0 Å². The lowest BCUT2D eigenvalue weighted by molar-refractivity contribution is 0.0741. The Labute approximate surface area is 240 Å². The number of nitrogens with one attached hydrogen (secondary N) is 2. The molecule has 0 radical (unpaired) electrons. The molecule has 0 saturated carbocycles. The molecule has 0 atom stereocenters. The van der Waals surface area contributed by atoms with Gasteiger partial charge in [0.05, 0.1) is 16.7 Å². The Morgan fingerprint density at radius 3 is 1.93 bits per heavy atom. The number of hydrogen-bond acceptors (Lipinski definition) is 4. The molecule has 1 saturated heterocycles. The van der Waals surface area contributed by atoms with Crippen LogP contribution >= 0.6 is 0 Å². The normalized spacial score (nSPS) is 13.0. The molecule has 0 aromatic heterocycles. The lowest BCUT2D eigenvalue weighted by Crippen LogP contribution is -2.49. The zero-order valence-electron chi connectivity index (χ0n) is 22.4. The maximum Gasteiger partial charge on any atom is 0.258 e. The summed E-state index contributed by atoms with van der Waals surface area (Å²) in [6.45, 7) is 1.49. The minimum atomic E-state index is -0.674. The molecule has 7 nitrogen and oxygen atoms in total. The Hall–Kier alpha value is -5.12. The van der Waals surface area contributed by atoms with E-state index in [-0.39, 0.29) is 28.9 Å². The lowest BCUT2D eigenvalue weighted by atomic mass is 10.1. The molecule has 4 aromatic rings. The third kappa shape index (κ3) is 6.43. The van der Waals surface area contributed by atoms with Gasteiger partial charge in [0, 0.05) is 44.1 Å². The Balaban J connectivity index is 1.36. The summed E-state index contributed by atoms with van der Waals surface area (Å²) in [6, 6.07) is 21.9. The van der Waals surface area contributed by atoms with Crippen molar-refractivity contribution in [3.05, 3.63) is 131 Å². The fourth-order valence-corrected chi connectivity index (χ4v) is 4.75. The van der Waals surface area contributed by atoms with Crippen molar-refractivity contribution in [3.8, 4) is 0 Å². The molecule has 214 valence electrons. The van der Waals surface area contributed by atoms with Crippen LogP contribution in [-0.2, 0) is 6.54 Å². The number of hydrogen-bond donors (Lipinski definition) is 2. The minimum absolute atomic E-state index is 0.00163. The monoisotopic (exact) mass is 572 g/mol. The van der Waals surface area contributed by atoms with Crippen LogP contribution in [0.1, 0.15) is 36.6 Å². The quantitative estimate of drug-likeness (QED) is 0.317. The first-order valence-corrected chi connectivity index (χ1v) is 13.3. The van der Waals surface area contributed by atoms with Crippen molar-refractivity contribution in [2.24, 2.45) is 0 Å². The number of piperazine rings is 1. The number of amides is 3. The van der Waals surface area contributed by atoms with Gasteiger partial charge in [0.25, 0.3) is 17.7 Å². The van der Waals surface area contributed by atoms with Crippen LogP contribution in [0.2, 0.25) is 0 Å². The molecule has 1 fully saturated rings. The van der Waals surface area contributed by atoms with E-state index in [1.165, 1.54) is 54.6 Å². The summed E-state index contributed by atoms with van der Waals surface area (Å²) < 4.78 is 41.6. The van der Waals surface area contributed by atoms with Crippen LogP contribution in [0.5, 0.6) is 0 Å². The van der Waals surface area contributed by atoms with E-state index >= 15 is 0 Å². The van der Waals surface area contributed by atoms with Gasteiger partial charge in [0.2, 0.25) is 0 Å². The van der Waals surface area contributed by atoms with Crippen LogP contribution < -0.4 is 15.5 Å². The number of carbonyl (C=O) groups is 3. The largest absolute Gasteiger partial charge is 0.367 e. The molecule has 10 heteroatoms. The van der Waals surface area contributed by atoms with E-state index in [0.29, 0.717) is 37.4 Å². The number of anilines is 2. The van der Waals surface area contributed by atoms with Gasteiger partial charge >= 0.3 is 0 Å². The summed E-state index contributed by atoms with van der Waals surface area (Å²) >= 11 is 0. The molecule has 0 bridgehead atoms.